The smallest absolute Gasteiger partial charge is 0.246 e. The van der Waals surface area contributed by atoms with Crippen LogP contribution in [0.4, 0.5) is 0 Å². The topological polar surface area (TPSA) is 48.0 Å². The van der Waals surface area contributed by atoms with E-state index in [0.717, 1.165) is 38.5 Å². The van der Waals surface area contributed by atoms with E-state index >= 15 is 0 Å². The number of amides is 1. The van der Waals surface area contributed by atoms with Crippen molar-refractivity contribution in [1.82, 2.24) is 4.90 Å². The van der Waals surface area contributed by atoms with Crippen molar-refractivity contribution in [3.05, 3.63) is 25.3 Å². The van der Waals surface area contributed by atoms with Gasteiger partial charge in [0.1, 0.15) is 6.10 Å². The zero-order valence-electron chi connectivity index (χ0n) is 19.6. The van der Waals surface area contributed by atoms with Crippen molar-refractivity contribution in [2.24, 2.45) is 0 Å². The zero-order valence-corrected chi connectivity index (χ0v) is 20.6. The van der Waals surface area contributed by atoms with Gasteiger partial charge in [-0.1, -0.05) is 39.8 Å². The maximum Gasteiger partial charge on any atom is 0.246 e. The number of rotatable bonds is 5. The van der Waals surface area contributed by atoms with Crippen LogP contribution in [0.15, 0.2) is 25.3 Å². The molecule has 3 rings (SSSR count). The first-order valence-corrected chi connectivity index (χ1v) is 14.5. The van der Waals surface area contributed by atoms with E-state index in [2.05, 4.69) is 47.0 Å². The molecule has 1 amide bonds. The minimum atomic E-state index is -1.93. The van der Waals surface area contributed by atoms with Crippen LogP contribution in [0.3, 0.4) is 0 Å². The zero-order chi connectivity index (χ0) is 22.2. The van der Waals surface area contributed by atoms with E-state index in [9.17, 15) is 4.79 Å². The number of hydrogen-bond donors (Lipinski definition) is 0. The van der Waals surface area contributed by atoms with E-state index in [1.807, 2.05) is 11.0 Å². The molecule has 4 atom stereocenters. The summed E-state index contributed by atoms with van der Waals surface area (Å²) in [5, 5.41) is 0.138. The van der Waals surface area contributed by atoms with Crippen LogP contribution in [0.1, 0.15) is 65.7 Å². The summed E-state index contributed by atoms with van der Waals surface area (Å²) >= 11 is 0. The predicted molar refractivity (Wildman–Crippen MR) is 123 cm³/mol. The Morgan fingerprint density at radius 3 is 2.40 bits per heavy atom. The fourth-order valence-corrected chi connectivity index (χ4v) is 6.27. The average Bonchev–Trinajstić information content (AvgIpc) is 3.09. The number of likely N-dealkylation sites (tertiary alicyclic amines) is 1. The molecule has 0 N–H and O–H groups in total. The third kappa shape index (κ3) is 4.77. The molecule has 3 fully saturated rings. The second-order valence-corrected chi connectivity index (χ2v) is 15.5. The Morgan fingerprint density at radius 1 is 1.17 bits per heavy atom. The van der Waals surface area contributed by atoms with Gasteiger partial charge in [-0.25, -0.2) is 0 Å². The maximum absolute atomic E-state index is 12.9. The first kappa shape index (κ1) is 23.7. The van der Waals surface area contributed by atoms with Crippen LogP contribution < -0.4 is 0 Å². The van der Waals surface area contributed by atoms with Crippen molar-refractivity contribution in [1.29, 1.82) is 0 Å². The normalized spacial score (nSPS) is 32.2. The van der Waals surface area contributed by atoms with Crippen molar-refractivity contribution in [3.8, 4) is 0 Å². The van der Waals surface area contributed by atoms with E-state index in [-0.39, 0.29) is 35.2 Å². The van der Waals surface area contributed by atoms with Gasteiger partial charge in [0.15, 0.2) is 14.1 Å². The minimum absolute atomic E-state index is 0.0659. The Morgan fingerprint density at radius 2 is 1.83 bits per heavy atom. The molecule has 0 unspecified atom stereocenters. The minimum Gasteiger partial charge on any atom is -0.414 e. The predicted octanol–water partition coefficient (Wildman–Crippen LogP) is 5.18. The van der Waals surface area contributed by atoms with Crippen LogP contribution >= 0.6 is 0 Å². The summed E-state index contributed by atoms with van der Waals surface area (Å²) in [4.78, 5) is 14.8. The quantitative estimate of drug-likeness (QED) is 0.339. The summed E-state index contributed by atoms with van der Waals surface area (Å²) in [6.45, 7) is 19.7. The Labute approximate surface area is 184 Å². The molecule has 2 aliphatic heterocycles. The molecule has 5 nitrogen and oxygen atoms in total. The molecule has 170 valence electrons. The number of piperidine rings is 1. The van der Waals surface area contributed by atoms with Gasteiger partial charge in [0.25, 0.3) is 0 Å². The van der Waals surface area contributed by atoms with Crippen LogP contribution in [0.5, 0.6) is 0 Å². The van der Waals surface area contributed by atoms with Crippen LogP contribution in [0.2, 0.25) is 18.1 Å². The molecule has 2 saturated heterocycles. The maximum atomic E-state index is 12.9. The summed E-state index contributed by atoms with van der Waals surface area (Å²) in [7, 11) is -1.93. The van der Waals surface area contributed by atoms with Crippen LogP contribution in [0.25, 0.3) is 0 Å². The number of carbonyl (C=O) groups is 1. The van der Waals surface area contributed by atoms with Gasteiger partial charge < -0.3 is 18.8 Å². The Hall–Kier alpha value is -0.953. The fourth-order valence-electron chi connectivity index (χ4n) is 4.89. The first-order valence-electron chi connectivity index (χ1n) is 11.6. The average molecular weight is 436 g/mol. The third-order valence-electron chi connectivity index (χ3n) is 7.61. The monoisotopic (exact) mass is 435 g/mol. The Bertz CT molecular complexity index is 650. The lowest BCUT2D eigenvalue weighted by molar-refractivity contribution is -0.196. The summed E-state index contributed by atoms with van der Waals surface area (Å²) < 4.78 is 19.6. The third-order valence-corrected chi connectivity index (χ3v) is 12.1. The molecule has 1 spiro atoms. The molecule has 2 heterocycles. The second kappa shape index (κ2) is 8.89. The van der Waals surface area contributed by atoms with Gasteiger partial charge in [-0.05, 0) is 49.9 Å². The summed E-state index contributed by atoms with van der Waals surface area (Å²) in [6, 6.07) is -0.182. The first-order chi connectivity index (χ1) is 14.0. The molecule has 6 heteroatoms. The number of ether oxygens (including phenoxy) is 2. The van der Waals surface area contributed by atoms with E-state index < -0.39 is 14.1 Å². The lowest BCUT2D eigenvalue weighted by Crippen LogP contribution is -2.59. The van der Waals surface area contributed by atoms with Gasteiger partial charge in [-0.15, -0.1) is 6.58 Å². The number of nitrogens with zero attached hydrogens (tertiary/aromatic N) is 1. The second-order valence-electron chi connectivity index (χ2n) is 10.7. The number of hydrogen-bond acceptors (Lipinski definition) is 4. The molecule has 0 aromatic rings. The van der Waals surface area contributed by atoms with Gasteiger partial charge in [-0.2, -0.15) is 0 Å². The van der Waals surface area contributed by atoms with E-state index in [1.54, 1.807) is 0 Å². The highest BCUT2D eigenvalue weighted by Crippen LogP contribution is 2.43. The summed E-state index contributed by atoms with van der Waals surface area (Å²) in [5.41, 5.74) is 0. The molecule has 3 aliphatic rings. The van der Waals surface area contributed by atoms with Crippen LogP contribution in [-0.4, -0.2) is 55.8 Å². The summed E-state index contributed by atoms with van der Waals surface area (Å²) in [6.07, 6.45) is 10.2. The van der Waals surface area contributed by atoms with Crippen LogP contribution in [-0.2, 0) is 18.7 Å². The van der Waals surface area contributed by atoms with Crippen molar-refractivity contribution in [3.63, 3.8) is 0 Å². The lowest BCUT2D eigenvalue weighted by Gasteiger charge is -2.48. The molecular formula is C24H41NO4Si. The highest BCUT2D eigenvalue weighted by Gasteiger charge is 2.50. The Kier molecular flexibility index (Phi) is 7.02. The van der Waals surface area contributed by atoms with Gasteiger partial charge in [0, 0.05) is 18.9 Å². The van der Waals surface area contributed by atoms with E-state index in [0.29, 0.717) is 6.61 Å². The van der Waals surface area contributed by atoms with Crippen molar-refractivity contribution >= 4 is 14.2 Å². The van der Waals surface area contributed by atoms with Gasteiger partial charge in [0.2, 0.25) is 5.91 Å². The molecule has 1 aliphatic carbocycles. The lowest BCUT2D eigenvalue weighted by atomic mass is 9.89. The van der Waals surface area contributed by atoms with Crippen molar-refractivity contribution in [2.45, 2.75) is 114 Å². The number of carbonyl (C=O) groups excluding carboxylic acids is 1. The van der Waals surface area contributed by atoms with Gasteiger partial charge >= 0.3 is 0 Å². The molecule has 0 radical (unpaired) electrons. The highest BCUT2D eigenvalue weighted by atomic mass is 28.4. The highest BCUT2D eigenvalue weighted by molar-refractivity contribution is 6.74. The van der Waals surface area contributed by atoms with Crippen LogP contribution in [0, 0.1) is 0 Å². The van der Waals surface area contributed by atoms with Crippen molar-refractivity contribution < 1.29 is 18.7 Å². The van der Waals surface area contributed by atoms with Gasteiger partial charge in [-0.3, -0.25) is 4.79 Å². The Balaban J connectivity index is 1.83. The van der Waals surface area contributed by atoms with E-state index in [4.69, 9.17) is 13.9 Å². The molecule has 0 bridgehead atoms. The summed E-state index contributed by atoms with van der Waals surface area (Å²) in [5.74, 6) is -0.521. The molecule has 0 aromatic carbocycles. The van der Waals surface area contributed by atoms with Crippen molar-refractivity contribution in [2.75, 3.05) is 6.61 Å². The largest absolute Gasteiger partial charge is 0.414 e. The van der Waals surface area contributed by atoms with E-state index in [1.165, 1.54) is 12.5 Å². The molecule has 30 heavy (non-hydrogen) atoms. The fraction of sp³-hybridized carbons (Fsp3) is 0.792. The standard InChI is InChI=1S/C24H41NO4Si/c1-8-18-15-19(29-30(6,7)23(3,4)5)16-20(25(18)22(26)9-2)21-17-27-24(28-21)13-11-10-12-14-24/h8-9,18-21H,1-2,10-17H2,3-7H3/t18-,19+,20-,21+/m0/s1. The molecular weight excluding hydrogens is 394 g/mol. The molecule has 1 saturated carbocycles. The SMILES string of the molecule is C=CC(=O)N1[C@@H](C=C)C[C@@H](O[Si](C)(C)C(C)(C)C)C[C@H]1[C@H]1COC2(CCCCC2)O1. The molecule has 0 aromatic heterocycles. The van der Waals surface area contributed by atoms with Gasteiger partial charge in [0.05, 0.1) is 18.7 Å².